The summed E-state index contributed by atoms with van der Waals surface area (Å²) in [6.45, 7) is 3.90. The normalized spacial score (nSPS) is 20.6. The fourth-order valence-electron chi connectivity index (χ4n) is 2.88. The minimum Gasteiger partial charge on any atom is -0.508 e. The van der Waals surface area contributed by atoms with Crippen molar-refractivity contribution in [1.29, 1.82) is 0 Å². The molecule has 1 heterocycles. The van der Waals surface area contributed by atoms with Crippen molar-refractivity contribution in [2.45, 2.75) is 31.3 Å². The zero-order chi connectivity index (χ0) is 11.9. The van der Waals surface area contributed by atoms with Crippen LogP contribution in [0.4, 0.5) is 0 Å². The fourth-order valence-corrected chi connectivity index (χ4v) is 2.88. The van der Waals surface area contributed by atoms with Crippen LogP contribution < -0.4 is 4.74 Å². The van der Waals surface area contributed by atoms with Gasteiger partial charge in [-0.3, -0.25) is 0 Å². The number of ether oxygens (including phenoxy) is 1. The second-order valence-electron chi connectivity index (χ2n) is 4.83. The number of phenols is 1. The Labute approximate surface area is 101 Å². The van der Waals surface area contributed by atoms with E-state index in [9.17, 15) is 5.11 Å². The first-order valence-corrected chi connectivity index (χ1v) is 6.10. The van der Waals surface area contributed by atoms with Gasteiger partial charge < -0.3 is 9.84 Å². The maximum Gasteiger partial charge on any atom is 0.134 e. The number of hydrogen-bond donors (Lipinski definition) is 1. The smallest absolute Gasteiger partial charge is 0.134 e. The molecule has 0 saturated heterocycles. The molecule has 0 aromatic heterocycles. The average Bonchev–Trinajstić information content (AvgIpc) is 2.77. The van der Waals surface area contributed by atoms with Crippen molar-refractivity contribution in [2.24, 2.45) is 0 Å². The summed E-state index contributed by atoms with van der Waals surface area (Å²) in [7, 11) is 0. The zero-order valence-corrected chi connectivity index (χ0v) is 9.78. The summed E-state index contributed by atoms with van der Waals surface area (Å²) in [5, 5.41) is 9.52. The standard InChI is InChI=1S/C15H16O2/c1-2-12-9-11-5-6-13(16)10-14(11)17-15(12)7-3-4-8-15/h2,5-6,9-10,16H,1,3-4,7-8H2. The molecule has 0 bridgehead atoms. The Morgan fingerprint density at radius 1 is 1.29 bits per heavy atom. The molecule has 1 aliphatic carbocycles. The van der Waals surface area contributed by atoms with Crippen molar-refractivity contribution in [3.63, 3.8) is 0 Å². The Bertz CT molecular complexity index is 494. The molecule has 17 heavy (non-hydrogen) atoms. The van der Waals surface area contributed by atoms with Gasteiger partial charge in [0, 0.05) is 11.6 Å². The number of phenolic OH excluding ortho intramolecular Hbond substituents is 1. The maximum absolute atomic E-state index is 9.52. The van der Waals surface area contributed by atoms with Crippen molar-refractivity contribution in [3.05, 3.63) is 42.0 Å². The van der Waals surface area contributed by atoms with Gasteiger partial charge in [0.1, 0.15) is 17.1 Å². The van der Waals surface area contributed by atoms with E-state index in [1.807, 2.05) is 12.1 Å². The van der Waals surface area contributed by atoms with Gasteiger partial charge in [0.05, 0.1) is 0 Å². The second-order valence-corrected chi connectivity index (χ2v) is 4.83. The highest BCUT2D eigenvalue weighted by Gasteiger charge is 2.41. The van der Waals surface area contributed by atoms with Crippen molar-refractivity contribution < 1.29 is 9.84 Å². The molecule has 0 radical (unpaired) electrons. The van der Waals surface area contributed by atoms with E-state index in [0.717, 1.165) is 24.2 Å². The number of fused-ring (bicyclic) bond motifs is 1. The molecule has 2 heteroatoms. The van der Waals surface area contributed by atoms with Crippen molar-refractivity contribution >= 4 is 6.08 Å². The van der Waals surface area contributed by atoms with E-state index in [-0.39, 0.29) is 11.4 Å². The molecule has 2 aliphatic rings. The van der Waals surface area contributed by atoms with Crippen LogP contribution in [0.25, 0.3) is 6.08 Å². The summed E-state index contributed by atoms with van der Waals surface area (Å²) in [5.74, 6) is 1.05. The highest BCUT2D eigenvalue weighted by molar-refractivity contribution is 5.68. The van der Waals surface area contributed by atoms with E-state index in [1.165, 1.54) is 18.4 Å². The summed E-state index contributed by atoms with van der Waals surface area (Å²) in [6, 6.07) is 5.27. The van der Waals surface area contributed by atoms with Gasteiger partial charge in [-0.15, -0.1) is 0 Å². The van der Waals surface area contributed by atoms with Crippen molar-refractivity contribution in [3.8, 4) is 11.5 Å². The molecule has 0 amide bonds. The SMILES string of the molecule is C=CC1=Cc2ccc(O)cc2OC12CCCC2. The fraction of sp³-hybridized carbons (Fsp3) is 0.333. The van der Waals surface area contributed by atoms with Crippen LogP contribution in [0.3, 0.4) is 0 Å². The average molecular weight is 228 g/mol. The van der Waals surface area contributed by atoms with E-state index in [1.54, 1.807) is 12.1 Å². The van der Waals surface area contributed by atoms with Crippen LogP contribution >= 0.6 is 0 Å². The number of rotatable bonds is 1. The minimum atomic E-state index is -0.192. The molecule has 88 valence electrons. The lowest BCUT2D eigenvalue weighted by molar-refractivity contribution is 0.115. The third-order valence-electron chi connectivity index (χ3n) is 3.77. The molecule has 0 atom stereocenters. The van der Waals surface area contributed by atoms with Gasteiger partial charge in [0.2, 0.25) is 0 Å². The number of benzene rings is 1. The second kappa shape index (κ2) is 3.66. The summed E-state index contributed by atoms with van der Waals surface area (Å²) in [5.41, 5.74) is 2.01. The highest BCUT2D eigenvalue weighted by Crippen LogP contribution is 2.46. The Morgan fingerprint density at radius 3 is 2.76 bits per heavy atom. The lowest BCUT2D eigenvalue weighted by Crippen LogP contribution is -2.36. The zero-order valence-electron chi connectivity index (χ0n) is 9.78. The quantitative estimate of drug-likeness (QED) is 0.794. The first-order chi connectivity index (χ1) is 8.23. The number of hydrogen-bond acceptors (Lipinski definition) is 2. The molecule has 1 aromatic rings. The predicted octanol–water partition coefficient (Wildman–Crippen LogP) is 3.67. The van der Waals surface area contributed by atoms with Crippen LogP contribution in [0.2, 0.25) is 0 Å². The van der Waals surface area contributed by atoms with Crippen LogP contribution in [0, 0.1) is 0 Å². The third kappa shape index (κ3) is 1.55. The van der Waals surface area contributed by atoms with E-state index >= 15 is 0 Å². The molecule has 1 saturated carbocycles. The largest absolute Gasteiger partial charge is 0.508 e. The molecule has 1 N–H and O–H groups in total. The topological polar surface area (TPSA) is 29.5 Å². The lowest BCUT2D eigenvalue weighted by atomic mass is 9.87. The first kappa shape index (κ1) is 10.5. The third-order valence-corrected chi connectivity index (χ3v) is 3.77. The highest BCUT2D eigenvalue weighted by atomic mass is 16.5. The summed E-state index contributed by atoms with van der Waals surface area (Å²) < 4.78 is 6.17. The Kier molecular flexibility index (Phi) is 2.25. The van der Waals surface area contributed by atoms with E-state index < -0.39 is 0 Å². The molecule has 1 fully saturated rings. The number of aromatic hydroxyl groups is 1. The summed E-state index contributed by atoms with van der Waals surface area (Å²) in [6.07, 6.45) is 8.51. The first-order valence-electron chi connectivity index (χ1n) is 6.10. The van der Waals surface area contributed by atoms with E-state index in [0.29, 0.717) is 0 Å². The van der Waals surface area contributed by atoms with Crippen LogP contribution in [-0.2, 0) is 0 Å². The molecule has 3 rings (SSSR count). The van der Waals surface area contributed by atoms with Gasteiger partial charge >= 0.3 is 0 Å². The molecule has 1 spiro atoms. The van der Waals surface area contributed by atoms with Crippen LogP contribution in [0.1, 0.15) is 31.2 Å². The van der Waals surface area contributed by atoms with Gasteiger partial charge in [-0.2, -0.15) is 0 Å². The van der Waals surface area contributed by atoms with E-state index in [4.69, 9.17) is 4.74 Å². The lowest BCUT2D eigenvalue weighted by Gasteiger charge is -2.35. The van der Waals surface area contributed by atoms with Crippen LogP contribution in [-0.4, -0.2) is 10.7 Å². The van der Waals surface area contributed by atoms with Gasteiger partial charge in [0.25, 0.3) is 0 Å². The minimum absolute atomic E-state index is 0.192. The molecule has 1 aromatic carbocycles. The van der Waals surface area contributed by atoms with Gasteiger partial charge in [-0.25, -0.2) is 0 Å². The molecular weight excluding hydrogens is 212 g/mol. The predicted molar refractivity (Wildman–Crippen MR) is 68.1 cm³/mol. The summed E-state index contributed by atoms with van der Waals surface area (Å²) >= 11 is 0. The van der Waals surface area contributed by atoms with Gasteiger partial charge in [-0.1, -0.05) is 12.7 Å². The summed E-state index contributed by atoms with van der Waals surface area (Å²) in [4.78, 5) is 0. The monoisotopic (exact) mass is 228 g/mol. The van der Waals surface area contributed by atoms with Crippen LogP contribution in [0.15, 0.2) is 36.4 Å². The molecular formula is C15H16O2. The van der Waals surface area contributed by atoms with E-state index in [2.05, 4.69) is 12.7 Å². The molecule has 2 nitrogen and oxygen atoms in total. The van der Waals surface area contributed by atoms with Crippen molar-refractivity contribution in [1.82, 2.24) is 0 Å². The maximum atomic E-state index is 9.52. The Balaban J connectivity index is 2.11. The molecule has 0 unspecified atom stereocenters. The van der Waals surface area contributed by atoms with Gasteiger partial charge in [-0.05, 0) is 49.5 Å². The Hall–Kier alpha value is -1.70. The van der Waals surface area contributed by atoms with Crippen molar-refractivity contribution in [2.75, 3.05) is 0 Å². The Morgan fingerprint density at radius 2 is 2.06 bits per heavy atom. The molecule has 1 aliphatic heterocycles. The van der Waals surface area contributed by atoms with Gasteiger partial charge in [0.15, 0.2) is 0 Å². The van der Waals surface area contributed by atoms with Crippen LogP contribution in [0.5, 0.6) is 11.5 Å².